The molecule has 2 aromatic rings. The van der Waals surface area contributed by atoms with Crippen molar-refractivity contribution in [3.05, 3.63) is 53.6 Å². The lowest BCUT2D eigenvalue weighted by molar-refractivity contribution is -0.140. The molecule has 0 aliphatic carbocycles. The summed E-state index contributed by atoms with van der Waals surface area (Å²) in [5, 5.41) is 2.90. The van der Waals surface area contributed by atoms with E-state index in [1.165, 1.54) is 0 Å². The molecule has 2 aromatic carbocycles. The van der Waals surface area contributed by atoms with Crippen molar-refractivity contribution in [1.29, 1.82) is 0 Å². The van der Waals surface area contributed by atoms with Gasteiger partial charge < -0.3 is 24.4 Å². The van der Waals surface area contributed by atoms with Crippen LogP contribution in [0.15, 0.2) is 42.5 Å². The lowest BCUT2D eigenvalue weighted by Gasteiger charge is -2.29. The smallest absolute Gasteiger partial charge is 0.242 e. The first-order valence-electron chi connectivity index (χ1n) is 10.7. The molecule has 1 N–H and O–H groups in total. The number of rotatable bonds is 11. The number of nitrogens with zero attached hydrogens (tertiary/aromatic N) is 1. The maximum absolute atomic E-state index is 13.2. The van der Waals surface area contributed by atoms with E-state index < -0.39 is 6.04 Å². The quantitative estimate of drug-likeness (QED) is 0.576. The second-order valence-electron chi connectivity index (χ2n) is 7.90. The van der Waals surface area contributed by atoms with E-state index in [1.54, 1.807) is 33.2 Å². The van der Waals surface area contributed by atoms with Crippen LogP contribution in [0.1, 0.15) is 38.3 Å². The standard InChI is InChI=1S/C25H34N2O5/c1-17(2)26-25(29)18(3)27(16-20-8-7-9-21(14-20)30-4)24(28)13-11-19-10-12-22(31-5)23(15-19)32-6/h7-10,12,14-15,17-18H,11,13,16H2,1-6H3,(H,26,29)/t18-/m1/s1. The molecule has 174 valence electrons. The zero-order chi connectivity index (χ0) is 23.7. The molecule has 0 aliphatic heterocycles. The molecule has 0 bridgehead atoms. The van der Waals surface area contributed by atoms with Crippen molar-refractivity contribution in [2.75, 3.05) is 21.3 Å². The van der Waals surface area contributed by atoms with Crippen LogP contribution in [-0.4, -0.2) is 50.1 Å². The molecule has 0 radical (unpaired) electrons. The minimum atomic E-state index is -0.610. The topological polar surface area (TPSA) is 77.1 Å². The highest BCUT2D eigenvalue weighted by atomic mass is 16.5. The summed E-state index contributed by atoms with van der Waals surface area (Å²) < 4.78 is 15.9. The van der Waals surface area contributed by atoms with Gasteiger partial charge >= 0.3 is 0 Å². The van der Waals surface area contributed by atoms with Crippen LogP contribution in [-0.2, 0) is 22.6 Å². The Morgan fingerprint density at radius 1 is 0.906 bits per heavy atom. The number of carbonyl (C=O) groups excluding carboxylic acids is 2. The number of carbonyl (C=O) groups is 2. The second kappa shape index (κ2) is 12.0. The van der Waals surface area contributed by atoms with Crippen molar-refractivity contribution >= 4 is 11.8 Å². The minimum Gasteiger partial charge on any atom is -0.497 e. The molecule has 0 aromatic heterocycles. The first-order chi connectivity index (χ1) is 15.3. The molecule has 0 fully saturated rings. The van der Waals surface area contributed by atoms with E-state index in [0.29, 0.717) is 30.2 Å². The van der Waals surface area contributed by atoms with Gasteiger partial charge in [0, 0.05) is 19.0 Å². The number of ether oxygens (including phenoxy) is 3. The number of aryl methyl sites for hydroxylation is 1. The summed E-state index contributed by atoms with van der Waals surface area (Å²) in [4.78, 5) is 27.5. The Kier molecular flexibility index (Phi) is 9.38. The second-order valence-corrected chi connectivity index (χ2v) is 7.90. The molecule has 0 unspecified atom stereocenters. The maximum atomic E-state index is 13.2. The highest BCUT2D eigenvalue weighted by Crippen LogP contribution is 2.28. The van der Waals surface area contributed by atoms with E-state index in [-0.39, 0.29) is 24.3 Å². The molecule has 32 heavy (non-hydrogen) atoms. The molecule has 0 saturated heterocycles. The molecule has 7 nitrogen and oxygen atoms in total. The van der Waals surface area contributed by atoms with E-state index >= 15 is 0 Å². The van der Waals surface area contributed by atoms with Gasteiger partial charge in [0.2, 0.25) is 11.8 Å². The van der Waals surface area contributed by atoms with Gasteiger partial charge in [-0.15, -0.1) is 0 Å². The predicted octanol–water partition coefficient (Wildman–Crippen LogP) is 3.59. The fourth-order valence-electron chi connectivity index (χ4n) is 3.39. The van der Waals surface area contributed by atoms with Gasteiger partial charge in [-0.3, -0.25) is 9.59 Å². The monoisotopic (exact) mass is 442 g/mol. The van der Waals surface area contributed by atoms with Gasteiger partial charge in [-0.1, -0.05) is 18.2 Å². The third-order valence-electron chi connectivity index (χ3n) is 5.16. The fraction of sp³-hybridized carbons (Fsp3) is 0.440. The van der Waals surface area contributed by atoms with Crippen LogP contribution < -0.4 is 19.5 Å². The van der Waals surface area contributed by atoms with Crippen molar-refractivity contribution in [2.24, 2.45) is 0 Å². The van der Waals surface area contributed by atoms with Crippen molar-refractivity contribution in [1.82, 2.24) is 10.2 Å². The Balaban J connectivity index is 2.19. The van der Waals surface area contributed by atoms with Crippen molar-refractivity contribution in [3.8, 4) is 17.2 Å². The van der Waals surface area contributed by atoms with Crippen LogP contribution in [0.25, 0.3) is 0 Å². The molecular formula is C25H34N2O5. The van der Waals surface area contributed by atoms with Gasteiger partial charge in [0.05, 0.1) is 21.3 Å². The highest BCUT2D eigenvalue weighted by Gasteiger charge is 2.26. The summed E-state index contributed by atoms with van der Waals surface area (Å²) in [5.41, 5.74) is 1.85. The van der Waals surface area contributed by atoms with Gasteiger partial charge in [0.15, 0.2) is 11.5 Å². The molecule has 0 heterocycles. The van der Waals surface area contributed by atoms with Crippen LogP contribution in [0.2, 0.25) is 0 Å². The largest absolute Gasteiger partial charge is 0.497 e. The molecular weight excluding hydrogens is 408 g/mol. The summed E-state index contributed by atoms with van der Waals surface area (Å²) >= 11 is 0. The van der Waals surface area contributed by atoms with Crippen LogP contribution >= 0.6 is 0 Å². The lowest BCUT2D eigenvalue weighted by Crippen LogP contribution is -2.49. The summed E-state index contributed by atoms with van der Waals surface area (Å²) in [6, 6.07) is 12.5. The molecule has 2 rings (SSSR count). The summed E-state index contributed by atoms with van der Waals surface area (Å²) in [7, 11) is 4.77. The van der Waals surface area contributed by atoms with Crippen molar-refractivity contribution in [3.63, 3.8) is 0 Å². The Hall–Kier alpha value is -3.22. The van der Waals surface area contributed by atoms with Gasteiger partial charge in [0.1, 0.15) is 11.8 Å². The molecule has 2 amide bonds. The van der Waals surface area contributed by atoms with E-state index in [1.807, 2.05) is 56.3 Å². The molecule has 0 aliphatic rings. The highest BCUT2D eigenvalue weighted by molar-refractivity contribution is 5.87. The number of methoxy groups -OCH3 is 3. The zero-order valence-electron chi connectivity index (χ0n) is 19.8. The van der Waals surface area contributed by atoms with Gasteiger partial charge in [0.25, 0.3) is 0 Å². The van der Waals surface area contributed by atoms with E-state index in [2.05, 4.69) is 5.32 Å². The summed E-state index contributed by atoms with van der Waals surface area (Å²) in [5.74, 6) is 1.69. The number of benzene rings is 2. The number of nitrogens with one attached hydrogen (secondary N) is 1. The Bertz CT molecular complexity index is 913. The predicted molar refractivity (Wildman–Crippen MR) is 124 cm³/mol. The van der Waals surface area contributed by atoms with E-state index in [9.17, 15) is 9.59 Å². The average Bonchev–Trinajstić information content (AvgIpc) is 2.79. The van der Waals surface area contributed by atoms with E-state index in [4.69, 9.17) is 14.2 Å². The van der Waals surface area contributed by atoms with Crippen LogP contribution in [0.4, 0.5) is 0 Å². The molecule has 7 heteroatoms. The first-order valence-corrected chi connectivity index (χ1v) is 10.7. The van der Waals surface area contributed by atoms with Crippen LogP contribution in [0, 0.1) is 0 Å². The third kappa shape index (κ3) is 6.90. The SMILES string of the molecule is COc1cccc(CN(C(=O)CCc2ccc(OC)c(OC)c2)[C@H](C)C(=O)NC(C)C)c1. The Labute approximate surface area is 190 Å². The van der Waals surface area contributed by atoms with Gasteiger partial charge in [-0.05, 0) is 62.6 Å². The first kappa shape index (κ1) is 25.0. The van der Waals surface area contributed by atoms with Gasteiger partial charge in [-0.25, -0.2) is 0 Å². The summed E-state index contributed by atoms with van der Waals surface area (Å²) in [6.07, 6.45) is 0.783. The molecule has 0 spiro atoms. The number of amides is 2. The third-order valence-corrected chi connectivity index (χ3v) is 5.16. The maximum Gasteiger partial charge on any atom is 0.242 e. The Morgan fingerprint density at radius 3 is 2.25 bits per heavy atom. The lowest BCUT2D eigenvalue weighted by atomic mass is 10.1. The van der Waals surface area contributed by atoms with Crippen LogP contribution in [0.5, 0.6) is 17.2 Å². The van der Waals surface area contributed by atoms with Gasteiger partial charge in [-0.2, -0.15) is 0 Å². The average molecular weight is 443 g/mol. The Morgan fingerprint density at radius 2 is 1.62 bits per heavy atom. The number of hydrogen-bond donors (Lipinski definition) is 1. The number of hydrogen-bond acceptors (Lipinski definition) is 5. The minimum absolute atomic E-state index is 0.00881. The molecule has 1 atom stereocenters. The molecule has 0 saturated carbocycles. The van der Waals surface area contributed by atoms with Crippen molar-refractivity contribution < 1.29 is 23.8 Å². The summed E-state index contributed by atoms with van der Waals surface area (Å²) in [6.45, 7) is 5.87. The van der Waals surface area contributed by atoms with Crippen molar-refractivity contribution in [2.45, 2.75) is 52.2 Å². The van der Waals surface area contributed by atoms with Crippen LogP contribution in [0.3, 0.4) is 0 Å². The zero-order valence-corrected chi connectivity index (χ0v) is 19.8. The fourth-order valence-corrected chi connectivity index (χ4v) is 3.39. The van der Waals surface area contributed by atoms with E-state index in [0.717, 1.165) is 11.1 Å². The normalized spacial score (nSPS) is 11.6.